The van der Waals surface area contributed by atoms with E-state index in [9.17, 15) is 14.0 Å². The fraction of sp³-hybridized carbons (Fsp3) is 0.333. The lowest BCUT2D eigenvalue weighted by Crippen LogP contribution is -2.08. The van der Waals surface area contributed by atoms with E-state index in [1.165, 1.54) is 12.1 Å². The highest BCUT2D eigenvalue weighted by Gasteiger charge is 2.14. The number of ketones is 1. The summed E-state index contributed by atoms with van der Waals surface area (Å²) in [7, 11) is 0. The van der Waals surface area contributed by atoms with E-state index >= 15 is 0 Å². The molecule has 1 rings (SSSR count). The second kappa shape index (κ2) is 4.88. The van der Waals surface area contributed by atoms with Crippen LogP contribution in [0.15, 0.2) is 12.1 Å². The third-order valence-corrected chi connectivity index (χ3v) is 2.34. The summed E-state index contributed by atoms with van der Waals surface area (Å²) in [6.07, 6.45) is -0.252. The van der Waals surface area contributed by atoms with E-state index < -0.39 is 5.97 Å². The SMILES string of the molecule is Cc1cc(F)cc(C)c1C(=O)CCC(=O)O. The van der Waals surface area contributed by atoms with Crippen LogP contribution in [-0.4, -0.2) is 16.9 Å². The maximum atomic E-state index is 13.0. The molecule has 3 nitrogen and oxygen atoms in total. The minimum atomic E-state index is -1.01. The Morgan fingerprint density at radius 3 is 2.12 bits per heavy atom. The van der Waals surface area contributed by atoms with Gasteiger partial charge in [-0.2, -0.15) is 0 Å². The second-order valence-electron chi connectivity index (χ2n) is 3.73. The number of rotatable bonds is 4. The van der Waals surface area contributed by atoms with Gasteiger partial charge in [-0.15, -0.1) is 0 Å². The number of aliphatic carboxylic acids is 1. The van der Waals surface area contributed by atoms with Gasteiger partial charge in [-0.1, -0.05) is 0 Å². The summed E-state index contributed by atoms with van der Waals surface area (Å²) in [5.74, 6) is -1.65. The summed E-state index contributed by atoms with van der Waals surface area (Å²) in [6, 6.07) is 2.56. The first kappa shape index (κ1) is 12.4. The highest BCUT2D eigenvalue weighted by atomic mass is 19.1. The number of carbonyl (C=O) groups is 2. The van der Waals surface area contributed by atoms with E-state index in [1.807, 2.05) is 0 Å². The van der Waals surface area contributed by atoms with Crippen LogP contribution in [0.4, 0.5) is 4.39 Å². The van der Waals surface area contributed by atoms with Gasteiger partial charge in [0.1, 0.15) is 5.82 Å². The maximum absolute atomic E-state index is 13.0. The molecule has 1 aromatic rings. The Morgan fingerprint density at radius 2 is 1.69 bits per heavy atom. The molecular formula is C12H13FO3. The average Bonchev–Trinajstić information content (AvgIpc) is 2.12. The molecule has 0 amide bonds. The predicted molar refractivity (Wildman–Crippen MR) is 57.1 cm³/mol. The van der Waals surface area contributed by atoms with Gasteiger partial charge in [0.15, 0.2) is 5.78 Å². The molecule has 86 valence electrons. The quantitative estimate of drug-likeness (QED) is 0.799. The van der Waals surface area contributed by atoms with Crippen molar-refractivity contribution in [2.75, 3.05) is 0 Å². The Labute approximate surface area is 92.9 Å². The number of carbonyl (C=O) groups excluding carboxylic acids is 1. The summed E-state index contributed by atoms with van der Waals surface area (Å²) < 4.78 is 13.0. The minimum absolute atomic E-state index is 0.0529. The lowest BCUT2D eigenvalue weighted by molar-refractivity contribution is -0.136. The van der Waals surface area contributed by atoms with E-state index in [0.717, 1.165) is 0 Å². The van der Waals surface area contributed by atoms with Crippen LogP contribution >= 0.6 is 0 Å². The zero-order valence-corrected chi connectivity index (χ0v) is 9.21. The number of halogens is 1. The molecule has 0 heterocycles. The fourth-order valence-corrected chi connectivity index (χ4v) is 1.70. The minimum Gasteiger partial charge on any atom is -0.481 e. The van der Waals surface area contributed by atoms with Gasteiger partial charge in [0, 0.05) is 12.0 Å². The first-order valence-corrected chi connectivity index (χ1v) is 4.93. The van der Waals surface area contributed by atoms with Crippen LogP contribution in [0.1, 0.15) is 34.3 Å². The van der Waals surface area contributed by atoms with Crippen molar-refractivity contribution in [2.24, 2.45) is 0 Å². The summed E-state index contributed by atoms with van der Waals surface area (Å²) in [5.41, 5.74) is 1.53. The van der Waals surface area contributed by atoms with Gasteiger partial charge >= 0.3 is 5.97 Å². The molecule has 16 heavy (non-hydrogen) atoms. The van der Waals surface area contributed by atoms with E-state index in [2.05, 4.69) is 0 Å². The topological polar surface area (TPSA) is 54.4 Å². The molecule has 0 aliphatic carbocycles. The van der Waals surface area contributed by atoms with Crippen LogP contribution in [0.3, 0.4) is 0 Å². The van der Waals surface area contributed by atoms with E-state index in [4.69, 9.17) is 5.11 Å². The Bertz CT molecular complexity index is 415. The summed E-state index contributed by atoms with van der Waals surface area (Å²) in [4.78, 5) is 22.1. The monoisotopic (exact) mass is 224 g/mol. The van der Waals surface area contributed by atoms with Crippen LogP contribution < -0.4 is 0 Å². The Morgan fingerprint density at radius 1 is 1.19 bits per heavy atom. The molecule has 0 aromatic heterocycles. The van der Waals surface area contributed by atoms with Crippen molar-refractivity contribution in [2.45, 2.75) is 26.7 Å². The fourth-order valence-electron chi connectivity index (χ4n) is 1.70. The first-order chi connectivity index (χ1) is 7.41. The molecule has 0 spiro atoms. The highest BCUT2D eigenvalue weighted by Crippen LogP contribution is 2.18. The third kappa shape index (κ3) is 2.89. The maximum Gasteiger partial charge on any atom is 0.303 e. The van der Waals surface area contributed by atoms with Crippen molar-refractivity contribution in [3.05, 3.63) is 34.6 Å². The number of hydrogen-bond donors (Lipinski definition) is 1. The van der Waals surface area contributed by atoms with Crippen molar-refractivity contribution < 1.29 is 19.1 Å². The lowest BCUT2D eigenvalue weighted by atomic mass is 9.96. The van der Waals surface area contributed by atoms with Gasteiger partial charge < -0.3 is 5.11 Å². The number of hydrogen-bond acceptors (Lipinski definition) is 2. The Balaban J connectivity index is 2.95. The summed E-state index contributed by atoms with van der Waals surface area (Å²) in [5, 5.41) is 8.48. The van der Waals surface area contributed by atoms with Crippen LogP contribution in [0.5, 0.6) is 0 Å². The first-order valence-electron chi connectivity index (χ1n) is 4.93. The highest BCUT2D eigenvalue weighted by molar-refractivity contribution is 5.99. The molecule has 0 aliphatic rings. The predicted octanol–water partition coefficient (Wildman–Crippen LogP) is 2.49. The summed E-state index contributed by atoms with van der Waals surface area (Å²) >= 11 is 0. The number of carboxylic acids is 1. The van der Waals surface area contributed by atoms with Gasteiger partial charge in [-0.25, -0.2) is 4.39 Å². The van der Waals surface area contributed by atoms with E-state index in [1.54, 1.807) is 13.8 Å². The Kier molecular flexibility index (Phi) is 3.77. The van der Waals surface area contributed by atoms with Gasteiger partial charge in [0.05, 0.1) is 6.42 Å². The molecule has 1 aromatic carbocycles. The molecule has 1 N–H and O–H groups in total. The van der Waals surface area contributed by atoms with Crippen molar-refractivity contribution >= 4 is 11.8 Å². The second-order valence-corrected chi connectivity index (χ2v) is 3.73. The van der Waals surface area contributed by atoms with Crippen molar-refractivity contribution in [3.63, 3.8) is 0 Å². The van der Waals surface area contributed by atoms with Gasteiger partial charge in [-0.3, -0.25) is 9.59 Å². The van der Waals surface area contributed by atoms with Crippen molar-refractivity contribution in [1.29, 1.82) is 0 Å². The zero-order valence-electron chi connectivity index (χ0n) is 9.21. The molecule has 0 atom stereocenters. The van der Waals surface area contributed by atoms with Gasteiger partial charge in [0.2, 0.25) is 0 Å². The molecule has 0 unspecified atom stereocenters. The molecule has 0 fully saturated rings. The van der Waals surface area contributed by atoms with E-state index in [0.29, 0.717) is 16.7 Å². The van der Waals surface area contributed by atoms with Crippen molar-refractivity contribution in [3.8, 4) is 0 Å². The normalized spacial score (nSPS) is 10.2. The number of Topliss-reactive ketones (excluding diaryl/α,β-unsaturated/α-hetero) is 1. The molecule has 0 saturated carbocycles. The van der Waals surface area contributed by atoms with E-state index in [-0.39, 0.29) is 24.4 Å². The largest absolute Gasteiger partial charge is 0.481 e. The average molecular weight is 224 g/mol. The number of carboxylic acid groups (broad SMARTS) is 1. The Hall–Kier alpha value is -1.71. The molecular weight excluding hydrogens is 211 g/mol. The van der Waals surface area contributed by atoms with Crippen LogP contribution in [0.25, 0.3) is 0 Å². The van der Waals surface area contributed by atoms with Gasteiger partial charge in [-0.05, 0) is 37.1 Å². The third-order valence-electron chi connectivity index (χ3n) is 2.34. The molecule has 0 radical (unpaired) electrons. The van der Waals surface area contributed by atoms with Gasteiger partial charge in [0.25, 0.3) is 0 Å². The zero-order chi connectivity index (χ0) is 12.3. The number of aryl methyl sites for hydroxylation is 2. The lowest BCUT2D eigenvalue weighted by Gasteiger charge is -2.08. The van der Waals surface area contributed by atoms with Crippen LogP contribution in [0, 0.1) is 19.7 Å². The number of benzene rings is 1. The molecule has 0 saturated heterocycles. The van der Waals surface area contributed by atoms with Crippen LogP contribution in [0.2, 0.25) is 0 Å². The molecule has 4 heteroatoms. The van der Waals surface area contributed by atoms with Crippen LogP contribution in [-0.2, 0) is 4.79 Å². The molecule has 0 bridgehead atoms. The standard InChI is InChI=1S/C12H13FO3/c1-7-5-9(13)6-8(2)12(7)10(14)3-4-11(15)16/h5-6H,3-4H2,1-2H3,(H,15,16). The smallest absolute Gasteiger partial charge is 0.303 e. The summed E-state index contributed by atoms with van der Waals surface area (Å²) in [6.45, 7) is 3.29. The van der Waals surface area contributed by atoms with Crippen molar-refractivity contribution in [1.82, 2.24) is 0 Å². The molecule has 0 aliphatic heterocycles.